The van der Waals surface area contributed by atoms with Gasteiger partial charge in [-0.25, -0.2) is 0 Å². The number of amides is 2. The van der Waals surface area contributed by atoms with Gasteiger partial charge in [0.05, 0.1) is 12.8 Å². The van der Waals surface area contributed by atoms with Gasteiger partial charge in [-0.05, 0) is 30.7 Å². The van der Waals surface area contributed by atoms with Crippen molar-refractivity contribution in [2.24, 2.45) is 0 Å². The van der Waals surface area contributed by atoms with Crippen LogP contribution in [0.2, 0.25) is 5.02 Å². The van der Waals surface area contributed by atoms with Crippen LogP contribution in [0.25, 0.3) is 0 Å². The Kier molecular flexibility index (Phi) is 6.83. The number of benzene rings is 2. The average Bonchev–Trinajstić information content (AvgIpc) is 2.60. The van der Waals surface area contributed by atoms with Crippen molar-refractivity contribution in [3.05, 3.63) is 59.1 Å². The zero-order valence-corrected chi connectivity index (χ0v) is 15.0. The molecule has 0 saturated carbocycles. The van der Waals surface area contributed by atoms with Crippen molar-refractivity contribution in [2.75, 3.05) is 19.0 Å². The second-order valence-corrected chi connectivity index (χ2v) is 5.90. The highest BCUT2D eigenvalue weighted by Crippen LogP contribution is 2.27. The maximum atomic E-state index is 12.4. The summed E-state index contributed by atoms with van der Waals surface area (Å²) in [5.74, 6) is -0.149. The van der Waals surface area contributed by atoms with Crippen LogP contribution in [0.5, 0.6) is 5.75 Å². The smallest absolute Gasteiger partial charge is 0.233 e. The third-order valence-corrected chi connectivity index (χ3v) is 3.93. The lowest BCUT2D eigenvalue weighted by atomic mass is 10.2. The van der Waals surface area contributed by atoms with Gasteiger partial charge in [-0.3, -0.25) is 9.59 Å². The third kappa shape index (κ3) is 5.50. The standard InChI is InChI=1S/C19H21ClN2O3/c1-3-22(13-14-7-5-4-6-8-14)19(24)12-18(23)21-16-11-15(20)9-10-17(16)25-2/h4-11H,3,12-13H2,1-2H3,(H,21,23). The summed E-state index contributed by atoms with van der Waals surface area (Å²) in [6.07, 6.45) is -0.240. The van der Waals surface area contributed by atoms with Crippen molar-refractivity contribution in [3.8, 4) is 5.75 Å². The van der Waals surface area contributed by atoms with E-state index in [9.17, 15) is 9.59 Å². The van der Waals surface area contributed by atoms with E-state index in [1.165, 1.54) is 7.11 Å². The minimum absolute atomic E-state index is 0.232. The molecule has 0 unspecified atom stereocenters. The quantitative estimate of drug-likeness (QED) is 0.765. The van der Waals surface area contributed by atoms with Crippen molar-refractivity contribution in [1.82, 2.24) is 4.90 Å². The fraction of sp³-hybridized carbons (Fsp3) is 0.263. The van der Waals surface area contributed by atoms with Crippen LogP contribution in [0, 0.1) is 0 Å². The largest absolute Gasteiger partial charge is 0.495 e. The number of carbonyl (C=O) groups excluding carboxylic acids is 2. The molecule has 0 aliphatic heterocycles. The lowest BCUT2D eigenvalue weighted by Crippen LogP contribution is -2.33. The molecule has 25 heavy (non-hydrogen) atoms. The molecule has 0 atom stereocenters. The number of ether oxygens (including phenoxy) is 1. The van der Waals surface area contributed by atoms with Crippen LogP contribution in [0.4, 0.5) is 5.69 Å². The molecular formula is C19H21ClN2O3. The predicted octanol–water partition coefficient (Wildman–Crippen LogP) is 3.73. The molecule has 0 spiro atoms. The van der Waals surface area contributed by atoms with E-state index in [1.807, 2.05) is 37.3 Å². The fourth-order valence-electron chi connectivity index (χ4n) is 2.40. The molecule has 0 aliphatic carbocycles. The second-order valence-electron chi connectivity index (χ2n) is 5.46. The Morgan fingerprint density at radius 2 is 1.88 bits per heavy atom. The number of hydrogen-bond acceptors (Lipinski definition) is 3. The topological polar surface area (TPSA) is 58.6 Å². The molecule has 5 nitrogen and oxygen atoms in total. The number of carbonyl (C=O) groups is 2. The molecule has 0 bridgehead atoms. The van der Waals surface area contributed by atoms with E-state index in [4.69, 9.17) is 16.3 Å². The monoisotopic (exact) mass is 360 g/mol. The van der Waals surface area contributed by atoms with Crippen LogP contribution in [0.15, 0.2) is 48.5 Å². The summed E-state index contributed by atoms with van der Waals surface area (Å²) in [7, 11) is 1.50. The molecule has 1 N–H and O–H groups in total. The minimum Gasteiger partial charge on any atom is -0.495 e. The lowest BCUT2D eigenvalue weighted by molar-refractivity contribution is -0.134. The first-order chi connectivity index (χ1) is 12.0. The second kappa shape index (κ2) is 9.08. The highest BCUT2D eigenvalue weighted by Gasteiger charge is 2.17. The van der Waals surface area contributed by atoms with Crippen molar-refractivity contribution in [2.45, 2.75) is 19.9 Å². The van der Waals surface area contributed by atoms with Gasteiger partial charge in [0.25, 0.3) is 0 Å². The van der Waals surface area contributed by atoms with E-state index in [-0.39, 0.29) is 12.3 Å². The van der Waals surface area contributed by atoms with Crippen LogP contribution < -0.4 is 10.1 Å². The van der Waals surface area contributed by atoms with E-state index in [0.29, 0.717) is 29.5 Å². The van der Waals surface area contributed by atoms with Crippen LogP contribution in [-0.2, 0) is 16.1 Å². The Balaban J connectivity index is 1.99. The maximum Gasteiger partial charge on any atom is 0.233 e. The van der Waals surface area contributed by atoms with Crippen molar-refractivity contribution in [1.29, 1.82) is 0 Å². The Hall–Kier alpha value is -2.53. The van der Waals surface area contributed by atoms with Crippen LogP contribution in [0.1, 0.15) is 18.9 Å². The first-order valence-corrected chi connectivity index (χ1v) is 8.36. The average molecular weight is 361 g/mol. The first kappa shape index (κ1) is 18.8. The number of nitrogens with zero attached hydrogens (tertiary/aromatic N) is 1. The predicted molar refractivity (Wildman–Crippen MR) is 98.8 cm³/mol. The summed E-state index contributed by atoms with van der Waals surface area (Å²) in [6.45, 7) is 2.89. The van der Waals surface area contributed by atoms with E-state index in [2.05, 4.69) is 5.32 Å². The van der Waals surface area contributed by atoms with Gasteiger partial charge < -0.3 is 15.0 Å². The van der Waals surface area contributed by atoms with Gasteiger partial charge in [0.2, 0.25) is 11.8 Å². The summed E-state index contributed by atoms with van der Waals surface area (Å²) in [5.41, 5.74) is 1.47. The van der Waals surface area contributed by atoms with Gasteiger partial charge in [-0.15, -0.1) is 0 Å². The molecule has 132 valence electrons. The third-order valence-electron chi connectivity index (χ3n) is 3.70. The lowest BCUT2D eigenvalue weighted by Gasteiger charge is -2.21. The molecule has 2 rings (SSSR count). The van der Waals surface area contributed by atoms with Crippen LogP contribution in [0.3, 0.4) is 0 Å². The number of hydrogen-bond donors (Lipinski definition) is 1. The molecule has 2 aromatic rings. The molecule has 6 heteroatoms. The summed E-state index contributed by atoms with van der Waals surface area (Å²) in [4.78, 5) is 26.3. The normalized spacial score (nSPS) is 10.2. The maximum absolute atomic E-state index is 12.4. The zero-order valence-electron chi connectivity index (χ0n) is 14.3. The Labute approximate surface area is 152 Å². The van der Waals surface area contributed by atoms with Crippen molar-refractivity contribution >= 4 is 29.1 Å². The fourth-order valence-corrected chi connectivity index (χ4v) is 2.57. The summed E-state index contributed by atoms with van der Waals surface area (Å²) in [6, 6.07) is 14.6. The van der Waals surface area contributed by atoms with E-state index < -0.39 is 5.91 Å². The molecule has 0 aliphatic rings. The molecule has 0 heterocycles. The van der Waals surface area contributed by atoms with Gasteiger partial charge in [-0.1, -0.05) is 41.9 Å². The van der Waals surface area contributed by atoms with E-state index in [1.54, 1.807) is 23.1 Å². The molecule has 0 fully saturated rings. The van der Waals surface area contributed by atoms with Gasteiger partial charge in [0.1, 0.15) is 12.2 Å². The summed E-state index contributed by atoms with van der Waals surface area (Å²) in [5, 5.41) is 3.15. The van der Waals surface area contributed by atoms with Crippen LogP contribution >= 0.6 is 11.6 Å². The van der Waals surface area contributed by atoms with Crippen molar-refractivity contribution < 1.29 is 14.3 Å². The number of rotatable bonds is 7. The van der Waals surface area contributed by atoms with Crippen LogP contribution in [-0.4, -0.2) is 30.4 Å². The Morgan fingerprint density at radius 1 is 1.16 bits per heavy atom. The first-order valence-electron chi connectivity index (χ1n) is 7.98. The molecule has 2 aromatic carbocycles. The Bertz CT molecular complexity index is 735. The molecule has 2 amide bonds. The van der Waals surface area contributed by atoms with E-state index in [0.717, 1.165) is 5.56 Å². The highest BCUT2D eigenvalue weighted by molar-refractivity contribution is 6.31. The molecule has 0 saturated heterocycles. The van der Waals surface area contributed by atoms with Gasteiger partial charge in [-0.2, -0.15) is 0 Å². The van der Waals surface area contributed by atoms with Crippen molar-refractivity contribution in [3.63, 3.8) is 0 Å². The minimum atomic E-state index is -0.405. The van der Waals surface area contributed by atoms with E-state index >= 15 is 0 Å². The number of methoxy groups -OCH3 is 1. The number of nitrogens with one attached hydrogen (secondary N) is 1. The molecular weight excluding hydrogens is 340 g/mol. The zero-order chi connectivity index (χ0) is 18.2. The SMILES string of the molecule is CCN(Cc1ccccc1)C(=O)CC(=O)Nc1cc(Cl)ccc1OC. The number of anilines is 1. The van der Waals surface area contributed by atoms with Gasteiger partial charge in [0.15, 0.2) is 0 Å². The molecule has 0 aromatic heterocycles. The summed E-state index contributed by atoms with van der Waals surface area (Å²) < 4.78 is 5.19. The van der Waals surface area contributed by atoms with Gasteiger partial charge in [0, 0.05) is 18.1 Å². The summed E-state index contributed by atoms with van der Waals surface area (Å²) >= 11 is 5.94. The van der Waals surface area contributed by atoms with Gasteiger partial charge >= 0.3 is 0 Å². The number of halogens is 1. The highest BCUT2D eigenvalue weighted by atomic mass is 35.5. The molecule has 0 radical (unpaired) electrons. The Morgan fingerprint density at radius 3 is 2.52 bits per heavy atom.